The predicted octanol–water partition coefficient (Wildman–Crippen LogP) is 6.31. The van der Waals surface area contributed by atoms with Crippen LogP contribution >= 0.6 is 0 Å². The van der Waals surface area contributed by atoms with Crippen LogP contribution in [-0.2, 0) is 10.0 Å². The van der Waals surface area contributed by atoms with Gasteiger partial charge in [0.25, 0.3) is 15.9 Å². The summed E-state index contributed by atoms with van der Waals surface area (Å²) in [5.74, 6) is 0.413. The van der Waals surface area contributed by atoms with Crippen LogP contribution in [0.1, 0.15) is 66.6 Å². The lowest BCUT2D eigenvalue weighted by molar-refractivity contribution is 0.102. The highest BCUT2D eigenvalue weighted by Crippen LogP contribution is 2.38. The third-order valence-corrected chi connectivity index (χ3v) is 7.28. The van der Waals surface area contributed by atoms with Gasteiger partial charge < -0.3 is 14.8 Å². The predicted molar refractivity (Wildman–Crippen MR) is 144 cm³/mol. The molecule has 0 heterocycles. The molecule has 0 aliphatic rings. The fourth-order valence-electron chi connectivity index (χ4n) is 3.96. The fourth-order valence-corrected chi connectivity index (χ4v) is 5.08. The number of carbonyl (C=O) groups excluding carboxylic acids is 1. The summed E-state index contributed by atoms with van der Waals surface area (Å²) in [6, 6.07) is 15.5. The fraction of sp³-hybridized carbons (Fsp3) is 0.321. The van der Waals surface area contributed by atoms with Gasteiger partial charge in [-0.1, -0.05) is 51.5 Å². The molecule has 8 heteroatoms. The molecule has 3 rings (SSSR count). The molecule has 0 aromatic heterocycles. The molecule has 0 fully saturated rings. The number of sulfonamides is 1. The number of anilines is 2. The summed E-state index contributed by atoms with van der Waals surface area (Å²) in [5.41, 5.74) is 3.98. The SMILES string of the molecule is COc1cccc(C(=O)Nc2cc(C(C)C)c(NS(=O)(=O)c3ccc(C)cc3)c(C(C)C)c2)c1OC. The van der Waals surface area contributed by atoms with Crippen molar-refractivity contribution < 1.29 is 22.7 Å². The van der Waals surface area contributed by atoms with Crippen molar-refractivity contribution in [2.45, 2.75) is 51.3 Å². The Kier molecular flexibility index (Phi) is 8.30. The maximum Gasteiger partial charge on any atom is 0.261 e. The number of amides is 1. The number of nitrogens with one attached hydrogen (secondary N) is 2. The Morgan fingerprint density at radius 2 is 1.44 bits per heavy atom. The Balaban J connectivity index is 2.05. The molecule has 36 heavy (non-hydrogen) atoms. The molecule has 0 atom stereocenters. The van der Waals surface area contributed by atoms with Crippen molar-refractivity contribution in [3.63, 3.8) is 0 Å². The van der Waals surface area contributed by atoms with Gasteiger partial charge in [-0.15, -0.1) is 0 Å². The minimum Gasteiger partial charge on any atom is -0.493 e. The van der Waals surface area contributed by atoms with E-state index >= 15 is 0 Å². The number of hydrogen-bond acceptors (Lipinski definition) is 5. The molecule has 0 bridgehead atoms. The van der Waals surface area contributed by atoms with Crippen LogP contribution in [0.2, 0.25) is 0 Å². The summed E-state index contributed by atoms with van der Waals surface area (Å²) in [6.07, 6.45) is 0. The largest absolute Gasteiger partial charge is 0.493 e. The zero-order valence-corrected chi connectivity index (χ0v) is 22.6. The van der Waals surface area contributed by atoms with Gasteiger partial charge in [0.15, 0.2) is 11.5 Å². The first-order valence-corrected chi connectivity index (χ1v) is 13.3. The Hall–Kier alpha value is -3.52. The first kappa shape index (κ1) is 27.1. The number of aryl methyl sites for hydroxylation is 1. The molecule has 0 aliphatic heterocycles. The summed E-state index contributed by atoms with van der Waals surface area (Å²) in [6.45, 7) is 9.85. The van der Waals surface area contributed by atoms with E-state index in [9.17, 15) is 13.2 Å². The molecule has 0 radical (unpaired) electrons. The second-order valence-electron chi connectivity index (χ2n) is 9.25. The molecule has 0 saturated carbocycles. The zero-order valence-electron chi connectivity index (χ0n) is 21.8. The average Bonchev–Trinajstić information content (AvgIpc) is 2.83. The molecule has 0 unspecified atom stereocenters. The van der Waals surface area contributed by atoms with Gasteiger partial charge in [-0.25, -0.2) is 8.42 Å². The summed E-state index contributed by atoms with van der Waals surface area (Å²) < 4.78 is 40.0. The van der Waals surface area contributed by atoms with Crippen molar-refractivity contribution in [1.29, 1.82) is 0 Å². The van der Waals surface area contributed by atoms with Gasteiger partial charge in [0, 0.05) is 5.69 Å². The van der Waals surface area contributed by atoms with Crippen molar-refractivity contribution in [3.05, 3.63) is 76.9 Å². The maximum atomic E-state index is 13.2. The highest BCUT2D eigenvalue weighted by molar-refractivity contribution is 7.92. The topological polar surface area (TPSA) is 93.7 Å². The van der Waals surface area contributed by atoms with Gasteiger partial charge in [-0.2, -0.15) is 0 Å². The normalized spacial score (nSPS) is 11.5. The summed E-state index contributed by atoms with van der Waals surface area (Å²) in [5, 5.41) is 2.95. The molecule has 0 saturated heterocycles. The second-order valence-corrected chi connectivity index (χ2v) is 10.9. The van der Waals surface area contributed by atoms with E-state index in [2.05, 4.69) is 10.0 Å². The van der Waals surface area contributed by atoms with Gasteiger partial charge in [-0.3, -0.25) is 9.52 Å². The van der Waals surface area contributed by atoms with E-state index in [-0.39, 0.29) is 22.6 Å². The van der Waals surface area contributed by atoms with E-state index in [1.54, 1.807) is 42.5 Å². The number of methoxy groups -OCH3 is 2. The van der Waals surface area contributed by atoms with Gasteiger partial charge in [0.2, 0.25) is 0 Å². The van der Waals surface area contributed by atoms with Gasteiger partial charge in [0.05, 0.1) is 30.4 Å². The number of para-hydroxylation sites is 1. The van der Waals surface area contributed by atoms with E-state index in [1.807, 2.05) is 46.8 Å². The van der Waals surface area contributed by atoms with Crippen molar-refractivity contribution in [1.82, 2.24) is 0 Å². The Labute approximate surface area is 213 Å². The minimum absolute atomic E-state index is 0.0126. The van der Waals surface area contributed by atoms with Crippen molar-refractivity contribution >= 4 is 27.3 Å². The highest BCUT2D eigenvalue weighted by atomic mass is 32.2. The van der Waals surface area contributed by atoms with Crippen LogP contribution in [0.3, 0.4) is 0 Å². The number of rotatable bonds is 9. The molecule has 3 aromatic rings. The van der Waals surface area contributed by atoms with Crippen LogP contribution in [0.25, 0.3) is 0 Å². The lowest BCUT2D eigenvalue weighted by Gasteiger charge is -2.23. The quantitative estimate of drug-likeness (QED) is 0.352. The molecule has 2 N–H and O–H groups in total. The summed E-state index contributed by atoms with van der Waals surface area (Å²) in [4.78, 5) is 13.4. The molecule has 192 valence electrons. The van der Waals surface area contributed by atoms with Crippen LogP contribution in [0.5, 0.6) is 11.5 Å². The lowest BCUT2D eigenvalue weighted by atomic mass is 9.92. The standard InChI is InChI=1S/C28H34N2O5S/c1-17(2)23-15-20(29-28(31)22-9-8-10-25(34-6)27(22)35-7)16-24(18(3)4)26(23)30-36(32,33)21-13-11-19(5)12-14-21/h8-18,30H,1-7H3,(H,29,31). The molecule has 0 spiro atoms. The number of ether oxygens (including phenoxy) is 2. The van der Waals surface area contributed by atoms with Gasteiger partial charge >= 0.3 is 0 Å². The molecule has 3 aromatic carbocycles. The van der Waals surface area contributed by atoms with E-state index in [0.717, 1.165) is 16.7 Å². The zero-order chi connectivity index (χ0) is 26.6. The Morgan fingerprint density at radius 3 is 1.94 bits per heavy atom. The van der Waals surface area contributed by atoms with Gasteiger partial charge in [-0.05, 0) is 66.3 Å². The van der Waals surface area contributed by atoms with Crippen LogP contribution < -0.4 is 19.5 Å². The van der Waals surface area contributed by atoms with E-state index in [1.165, 1.54) is 14.2 Å². The van der Waals surface area contributed by atoms with Crippen molar-refractivity contribution in [3.8, 4) is 11.5 Å². The van der Waals surface area contributed by atoms with E-state index in [4.69, 9.17) is 9.47 Å². The average molecular weight is 511 g/mol. The van der Waals surface area contributed by atoms with Crippen LogP contribution in [-0.4, -0.2) is 28.5 Å². The molecule has 1 amide bonds. The third kappa shape index (κ3) is 5.82. The van der Waals surface area contributed by atoms with E-state index in [0.29, 0.717) is 28.4 Å². The van der Waals surface area contributed by atoms with Crippen LogP contribution in [0.4, 0.5) is 11.4 Å². The molecular formula is C28H34N2O5S. The van der Waals surface area contributed by atoms with E-state index < -0.39 is 10.0 Å². The number of benzene rings is 3. The minimum atomic E-state index is -3.81. The van der Waals surface area contributed by atoms with Crippen LogP contribution in [0, 0.1) is 6.92 Å². The smallest absolute Gasteiger partial charge is 0.261 e. The number of carbonyl (C=O) groups is 1. The first-order chi connectivity index (χ1) is 17.0. The van der Waals surface area contributed by atoms with Gasteiger partial charge in [0.1, 0.15) is 0 Å². The first-order valence-electron chi connectivity index (χ1n) is 11.8. The summed E-state index contributed by atoms with van der Waals surface area (Å²) >= 11 is 0. The Morgan fingerprint density at radius 1 is 0.861 bits per heavy atom. The monoisotopic (exact) mass is 510 g/mol. The molecular weight excluding hydrogens is 476 g/mol. The third-order valence-electron chi connectivity index (χ3n) is 5.92. The molecule has 0 aliphatic carbocycles. The van der Waals surface area contributed by atoms with Crippen molar-refractivity contribution in [2.75, 3.05) is 24.3 Å². The second kappa shape index (κ2) is 11.0. The van der Waals surface area contributed by atoms with Crippen molar-refractivity contribution in [2.24, 2.45) is 0 Å². The highest BCUT2D eigenvalue weighted by Gasteiger charge is 2.23. The maximum absolute atomic E-state index is 13.2. The summed E-state index contributed by atoms with van der Waals surface area (Å²) in [7, 11) is -0.808. The molecule has 7 nitrogen and oxygen atoms in total. The Bertz CT molecular complexity index is 1320. The lowest BCUT2D eigenvalue weighted by Crippen LogP contribution is -2.18. The van der Waals surface area contributed by atoms with Crippen LogP contribution in [0.15, 0.2) is 59.5 Å². The number of hydrogen-bond donors (Lipinski definition) is 2.